The third-order valence-corrected chi connectivity index (χ3v) is 6.34. The molecule has 1 aliphatic rings. The van der Waals surface area contributed by atoms with Crippen LogP contribution in [0.3, 0.4) is 0 Å². The van der Waals surface area contributed by atoms with Gasteiger partial charge in [0, 0.05) is 13.1 Å². The summed E-state index contributed by atoms with van der Waals surface area (Å²) in [5.41, 5.74) is 0.0593. The van der Waals surface area contributed by atoms with E-state index >= 15 is 0 Å². The van der Waals surface area contributed by atoms with Crippen LogP contribution in [0.5, 0.6) is 0 Å². The fraction of sp³-hybridized carbons (Fsp3) is 0.429. The minimum Gasteiger partial charge on any atom is -0.468 e. The van der Waals surface area contributed by atoms with E-state index in [0.29, 0.717) is 30.7 Å². The quantitative estimate of drug-likeness (QED) is 0.671. The van der Waals surface area contributed by atoms with Gasteiger partial charge in [0.15, 0.2) is 6.61 Å². The summed E-state index contributed by atoms with van der Waals surface area (Å²) in [6, 6.07) is 8.81. The molecule has 1 saturated heterocycles. The molecule has 1 fully saturated rings. The highest BCUT2D eigenvalue weighted by Crippen LogP contribution is 2.21. The molecule has 0 radical (unpaired) electrons. The maximum atomic E-state index is 12.5. The summed E-state index contributed by atoms with van der Waals surface area (Å²) in [5, 5.41) is 0. The summed E-state index contributed by atoms with van der Waals surface area (Å²) < 4.78 is 37.6. The number of carbonyl (C=O) groups is 2. The number of hydrogen-bond donors (Lipinski definition) is 1. The largest absolute Gasteiger partial charge is 0.468 e. The molecule has 0 unspecified atom stereocenters. The van der Waals surface area contributed by atoms with Crippen LogP contribution in [-0.4, -0.2) is 44.9 Å². The van der Waals surface area contributed by atoms with Crippen LogP contribution in [0.1, 0.15) is 36.4 Å². The molecule has 9 heteroatoms. The summed E-state index contributed by atoms with van der Waals surface area (Å²) in [5.74, 6) is 0.289. The Morgan fingerprint density at radius 2 is 1.90 bits per heavy atom. The van der Waals surface area contributed by atoms with E-state index < -0.39 is 16.0 Å². The van der Waals surface area contributed by atoms with Crippen molar-refractivity contribution in [3.8, 4) is 0 Å². The molecule has 30 heavy (non-hydrogen) atoms. The number of nitrogens with zero attached hydrogens (tertiary/aromatic N) is 1. The first-order valence-corrected chi connectivity index (χ1v) is 11.3. The number of rotatable bonds is 7. The number of likely N-dealkylation sites (tertiary alicyclic amines) is 1. The smallest absolute Gasteiger partial charge is 0.338 e. The van der Waals surface area contributed by atoms with Crippen LogP contribution in [0.25, 0.3) is 0 Å². The van der Waals surface area contributed by atoms with Gasteiger partial charge in [-0.1, -0.05) is 19.9 Å². The van der Waals surface area contributed by atoms with E-state index in [4.69, 9.17) is 9.15 Å². The van der Waals surface area contributed by atoms with Gasteiger partial charge in [0.2, 0.25) is 10.0 Å². The number of sulfonamides is 1. The maximum absolute atomic E-state index is 12.5. The van der Waals surface area contributed by atoms with E-state index in [2.05, 4.69) is 18.6 Å². The number of furan rings is 1. The lowest BCUT2D eigenvalue weighted by atomic mass is 9.92. The van der Waals surface area contributed by atoms with Gasteiger partial charge in [-0.2, -0.15) is 0 Å². The number of benzene rings is 1. The lowest BCUT2D eigenvalue weighted by Crippen LogP contribution is -2.44. The molecule has 2 aromatic rings. The monoisotopic (exact) mass is 434 g/mol. The molecule has 162 valence electrons. The van der Waals surface area contributed by atoms with Crippen molar-refractivity contribution in [3.63, 3.8) is 0 Å². The Labute approximate surface area is 176 Å². The molecule has 0 spiro atoms. The van der Waals surface area contributed by atoms with Gasteiger partial charge in [-0.15, -0.1) is 0 Å². The fourth-order valence-electron chi connectivity index (χ4n) is 3.62. The highest BCUT2D eigenvalue weighted by atomic mass is 32.2. The van der Waals surface area contributed by atoms with Gasteiger partial charge < -0.3 is 14.1 Å². The average molecular weight is 435 g/mol. The highest BCUT2D eigenvalue weighted by molar-refractivity contribution is 7.89. The summed E-state index contributed by atoms with van der Waals surface area (Å²) in [6.07, 6.45) is 2.52. The second kappa shape index (κ2) is 9.44. The number of ether oxygens (including phenoxy) is 1. The van der Waals surface area contributed by atoms with Crippen LogP contribution >= 0.6 is 0 Å². The van der Waals surface area contributed by atoms with Crippen LogP contribution in [-0.2, 0) is 26.1 Å². The lowest BCUT2D eigenvalue weighted by molar-refractivity contribution is -0.137. The Kier molecular flexibility index (Phi) is 6.94. The van der Waals surface area contributed by atoms with E-state index in [1.807, 2.05) is 0 Å². The number of carbonyl (C=O) groups excluding carboxylic acids is 2. The average Bonchev–Trinajstić information content (AvgIpc) is 3.23. The number of esters is 1. The van der Waals surface area contributed by atoms with Gasteiger partial charge in [-0.05, 0) is 48.6 Å². The summed E-state index contributed by atoms with van der Waals surface area (Å²) in [6.45, 7) is 5.10. The molecule has 0 saturated carbocycles. The van der Waals surface area contributed by atoms with Crippen molar-refractivity contribution in [1.29, 1.82) is 0 Å². The van der Waals surface area contributed by atoms with Crippen molar-refractivity contribution < 1.29 is 27.2 Å². The van der Waals surface area contributed by atoms with Crippen molar-refractivity contribution in [2.24, 2.45) is 11.8 Å². The third-order valence-electron chi connectivity index (χ3n) is 4.94. The molecule has 2 atom stereocenters. The second-order valence-electron chi connectivity index (χ2n) is 7.75. The number of nitrogens with one attached hydrogen (secondary N) is 1. The minimum absolute atomic E-state index is 0.00874. The summed E-state index contributed by atoms with van der Waals surface area (Å²) >= 11 is 0. The normalized spacial score (nSPS) is 19.5. The van der Waals surface area contributed by atoms with Crippen molar-refractivity contribution >= 4 is 21.9 Å². The standard InChI is InChI=1S/C21H26N2O6S/c1-15-9-16(2)13-23(12-15)20(24)14-29-21(25)17-5-3-7-19(10-17)30(26,27)22-11-18-6-4-8-28-18/h3-8,10,15-16,22H,9,11-14H2,1-2H3/t15-,16+. The third kappa shape index (κ3) is 5.70. The summed E-state index contributed by atoms with van der Waals surface area (Å²) in [7, 11) is -3.85. The minimum atomic E-state index is -3.85. The lowest BCUT2D eigenvalue weighted by Gasteiger charge is -2.34. The Balaban J connectivity index is 1.59. The molecule has 1 N–H and O–H groups in total. The molecule has 8 nitrogen and oxygen atoms in total. The van der Waals surface area contributed by atoms with Gasteiger partial charge >= 0.3 is 5.97 Å². The van der Waals surface area contributed by atoms with Crippen molar-refractivity contribution in [3.05, 3.63) is 54.0 Å². The van der Waals surface area contributed by atoms with Crippen LogP contribution in [0.15, 0.2) is 52.0 Å². The van der Waals surface area contributed by atoms with Crippen molar-refractivity contribution in [2.75, 3.05) is 19.7 Å². The number of amides is 1. The van der Waals surface area contributed by atoms with Gasteiger partial charge in [-0.3, -0.25) is 4.79 Å². The predicted octanol–water partition coefficient (Wildman–Crippen LogP) is 2.42. The Bertz CT molecular complexity index is 977. The Morgan fingerprint density at radius 1 is 1.17 bits per heavy atom. The van der Waals surface area contributed by atoms with E-state index in [-0.39, 0.29) is 29.5 Å². The molecule has 0 aliphatic carbocycles. The first-order valence-electron chi connectivity index (χ1n) is 9.81. The number of hydrogen-bond acceptors (Lipinski definition) is 6. The molecule has 3 rings (SSSR count). The first kappa shape index (κ1) is 22.0. The Morgan fingerprint density at radius 3 is 2.57 bits per heavy atom. The van der Waals surface area contributed by atoms with Gasteiger partial charge in [-0.25, -0.2) is 17.9 Å². The molecule has 1 aromatic heterocycles. The van der Waals surface area contributed by atoms with Crippen molar-refractivity contribution in [2.45, 2.75) is 31.7 Å². The van der Waals surface area contributed by atoms with E-state index in [1.54, 1.807) is 17.0 Å². The van der Waals surface area contributed by atoms with Gasteiger partial charge in [0.25, 0.3) is 5.91 Å². The molecule has 1 aromatic carbocycles. The maximum Gasteiger partial charge on any atom is 0.338 e. The van der Waals surface area contributed by atoms with E-state index in [0.717, 1.165) is 6.42 Å². The molecular weight excluding hydrogens is 408 g/mol. The zero-order valence-corrected chi connectivity index (χ0v) is 17.9. The zero-order valence-electron chi connectivity index (χ0n) is 17.0. The topological polar surface area (TPSA) is 106 Å². The molecular formula is C21H26N2O6S. The van der Waals surface area contributed by atoms with E-state index in [9.17, 15) is 18.0 Å². The number of piperidine rings is 1. The second-order valence-corrected chi connectivity index (χ2v) is 9.52. The van der Waals surface area contributed by atoms with Crippen molar-refractivity contribution in [1.82, 2.24) is 9.62 Å². The Hall–Kier alpha value is -2.65. The van der Waals surface area contributed by atoms with Crippen LogP contribution in [0, 0.1) is 11.8 Å². The first-order chi connectivity index (χ1) is 14.2. The SMILES string of the molecule is C[C@@H]1C[C@H](C)CN(C(=O)COC(=O)c2cccc(S(=O)(=O)NCc3ccco3)c2)C1. The van der Waals surface area contributed by atoms with Gasteiger partial charge in [0.1, 0.15) is 5.76 Å². The highest BCUT2D eigenvalue weighted by Gasteiger charge is 2.26. The van der Waals surface area contributed by atoms with Crippen LogP contribution < -0.4 is 4.72 Å². The molecule has 1 amide bonds. The van der Waals surface area contributed by atoms with E-state index in [1.165, 1.54) is 30.5 Å². The molecule has 0 bridgehead atoms. The molecule has 2 heterocycles. The predicted molar refractivity (Wildman–Crippen MR) is 109 cm³/mol. The summed E-state index contributed by atoms with van der Waals surface area (Å²) in [4.78, 5) is 26.4. The fourth-order valence-corrected chi connectivity index (χ4v) is 4.66. The van der Waals surface area contributed by atoms with Crippen LogP contribution in [0.4, 0.5) is 0 Å². The van der Waals surface area contributed by atoms with Gasteiger partial charge in [0.05, 0.1) is 23.3 Å². The zero-order chi connectivity index (χ0) is 21.7. The van der Waals surface area contributed by atoms with Crippen LogP contribution in [0.2, 0.25) is 0 Å². The molecule has 1 aliphatic heterocycles.